The molecule has 1 aromatic carbocycles. The lowest BCUT2D eigenvalue weighted by atomic mass is 9.77. The van der Waals surface area contributed by atoms with Gasteiger partial charge < -0.3 is 20.9 Å². The van der Waals surface area contributed by atoms with E-state index in [2.05, 4.69) is 15.3 Å². The molecule has 0 aliphatic heterocycles. The molecule has 4 N–H and O–H groups in total. The number of aliphatic hydroxyl groups is 1. The lowest BCUT2D eigenvalue weighted by Gasteiger charge is -2.41. The summed E-state index contributed by atoms with van der Waals surface area (Å²) in [4.78, 5) is 20.2. The molecule has 166 valence electrons. The fraction of sp³-hybridized carbons (Fsp3) is 0.381. The zero-order chi connectivity index (χ0) is 22.6. The van der Waals surface area contributed by atoms with Gasteiger partial charge in [0.05, 0.1) is 12.1 Å². The summed E-state index contributed by atoms with van der Waals surface area (Å²) in [7, 11) is 1.43. The first-order chi connectivity index (χ1) is 14.7. The van der Waals surface area contributed by atoms with Crippen LogP contribution in [0.3, 0.4) is 0 Å². The Labute approximate surface area is 177 Å². The highest BCUT2D eigenvalue weighted by atomic mass is 19.4. The van der Waals surface area contributed by atoms with Crippen molar-refractivity contribution in [3.63, 3.8) is 0 Å². The number of pyridine rings is 1. The smallest absolute Gasteiger partial charge is 0.433 e. The molecule has 1 aromatic heterocycles. The maximum atomic E-state index is 13.1. The minimum Gasteiger partial charge on any atom is -0.489 e. The molecule has 0 saturated heterocycles. The van der Waals surface area contributed by atoms with Crippen molar-refractivity contribution >= 4 is 17.3 Å². The van der Waals surface area contributed by atoms with E-state index in [-0.39, 0.29) is 41.5 Å². The van der Waals surface area contributed by atoms with E-state index in [9.17, 15) is 23.1 Å². The number of aliphatic imine (C=N–C) groups is 1. The number of ether oxygens (including phenoxy) is 1. The summed E-state index contributed by atoms with van der Waals surface area (Å²) >= 11 is 0. The molecule has 7 nitrogen and oxygen atoms in total. The Morgan fingerprint density at radius 1 is 1.35 bits per heavy atom. The summed E-state index contributed by atoms with van der Waals surface area (Å²) in [5, 5.41) is 12.4. The number of amides is 1. The van der Waals surface area contributed by atoms with Crippen molar-refractivity contribution in [1.29, 1.82) is 0 Å². The average Bonchev–Trinajstić information content (AvgIpc) is 2.71. The first-order valence-corrected chi connectivity index (χ1v) is 9.63. The van der Waals surface area contributed by atoms with Crippen LogP contribution < -0.4 is 15.8 Å². The second kappa shape index (κ2) is 8.93. The van der Waals surface area contributed by atoms with Gasteiger partial charge >= 0.3 is 6.18 Å². The largest absolute Gasteiger partial charge is 0.489 e. The summed E-state index contributed by atoms with van der Waals surface area (Å²) in [5.41, 5.74) is 4.79. The van der Waals surface area contributed by atoms with Crippen LogP contribution in [-0.4, -0.2) is 40.9 Å². The van der Waals surface area contributed by atoms with Crippen LogP contribution in [0.5, 0.6) is 5.75 Å². The second-order valence-electron chi connectivity index (χ2n) is 7.36. The fourth-order valence-corrected chi connectivity index (χ4v) is 3.37. The number of rotatable bonds is 7. The highest BCUT2D eigenvalue weighted by Gasteiger charge is 2.39. The van der Waals surface area contributed by atoms with E-state index in [4.69, 9.17) is 10.5 Å². The standard InChI is InChI=1S/C21H23F3N4O3/c1-26-17(19(30)28-20(12-29)7-3-8-20)15-10-14(5-6-16(15)25)31-11-13-4-2-9-27-18(13)21(22,23)24/h2,4-6,9-10,29H,3,7-8,11-12,25H2,1H3,(H,28,30). The third kappa shape index (κ3) is 4.96. The molecule has 31 heavy (non-hydrogen) atoms. The molecule has 0 spiro atoms. The maximum Gasteiger partial charge on any atom is 0.433 e. The molecule has 1 amide bonds. The molecule has 1 saturated carbocycles. The van der Waals surface area contributed by atoms with Crippen molar-refractivity contribution in [3.05, 3.63) is 53.3 Å². The molecule has 1 fully saturated rings. The number of nitrogens with two attached hydrogens (primary N) is 1. The van der Waals surface area contributed by atoms with Crippen molar-refractivity contribution < 1.29 is 27.8 Å². The normalized spacial score (nSPS) is 15.8. The predicted octanol–water partition coefficient (Wildman–Crippen LogP) is 2.71. The molecular formula is C21H23F3N4O3. The van der Waals surface area contributed by atoms with Crippen LogP contribution in [0.4, 0.5) is 18.9 Å². The van der Waals surface area contributed by atoms with E-state index in [1.807, 2.05) is 0 Å². The monoisotopic (exact) mass is 436 g/mol. The van der Waals surface area contributed by atoms with Gasteiger partial charge in [-0.15, -0.1) is 0 Å². The van der Waals surface area contributed by atoms with Gasteiger partial charge in [-0.05, 0) is 43.5 Å². The molecule has 1 aliphatic carbocycles. The van der Waals surface area contributed by atoms with Crippen molar-refractivity contribution in [2.24, 2.45) is 4.99 Å². The molecule has 10 heteroatoms. The van der Waals surface area contributed by atoms with Crippen molar-refractivity contribution in [1.82, 2.24) is 10.3 Å². The number of benzene rings is 1. The third-order valence-corrected chi connectivity index (χ3v) is 5.26. The lowest BCUT2D eigenvalue weighted by molar-refractivity contribution is -0.142. The van der Waals surface area contributed by atoms with E-state index in [1.54, 1.807) is 0 Å². The molecule has 0 radical (unpaired) electrons. The van der Waals surface area contributed by atoms with Gasteiger partial charge in [-0.2, -0.15) is 13.2 Å². The highest BCUT2D eigenvalue weighted by Crippen LogP contribution is 2.32. The van der Waals surface area contributed by atoms with Gasteiger partial charge in [0.15, 0.2) is 5.69 Å². The van der Waals surface area contributed by atoms with E-state index in [0.717, 1.165) is 12.6 Å². The van der Waals surface area contributed by atoms with Crippen LogP contribution in [0.1, 0.15) is 36.1 Å². The molecule has 0 unspecified atom stereocenters. The summed E-state index contributed by atoms with van der Waals surface area (Å²) in [6.07, 6.45) is -1.30. The number of hydrogen-bond donors (Lipinski definition) is 3. The Bertz CT molecular complexity index is 983. The minimum atomic E-state index is -4.60. The summed E-state index contributed by atoms with van der Waals surface area (Å²) in [6.45, 7) is -0.550. The molecule has 1 heterocycles. The van der Waals surface area contributed by atoms with Gasteiger partial charge in [-0.25, -0.2) is 0 Å². The minimum absolute atomic E-state index is 0.0417. The first kappa shape index (κ1) is 22.5. The van der Waals surface area contributed by atoms with Gasteiger partial charge in [-0.1, -0.05) is 6.07 Å². The fourth-order valence-electron chi connectivity index (χ4n) is 3.37. The van der Waals surface area contributed by atoms with Crippen LogP contribution in [0.25, 0.3) is 0 Å². The molecular weight excluding hydrogens is 413 g/mol. The van der Waals surface area contributed by atoms with Gasteiger partial charge in [0.25, 0.3) is 5.91 Å². The van der Waals surface area contributed by atoms with Gasteiger partial charge in [0, 0.05) is 30.1 Å². The number of carbonyl (C=O) groups excluding carboxylic acids is 1. The Kier molecular flexibility index (Phi) is 6.49. The van der Waals surface area contributed by atoms with E-state index < -0.39 is 23.3 Å². The van der Waals surface area contributed by atoms with Crippen LogP contribution in [0.15, 0.2) is 41.5 Å². The van der Waals surface area contributed by atoms with E-state index in [0.29, 0.717) is 12.8 Å². The van der Waals surface area contributed by atoms with E-state index >= 15 is 0 Å². The SMILES string of the molecule is CN=C(C(=O)NC1(CO)CCC1)c1cc(OCc2cccnc2C(F)(F)F)ccc1N. The van der Waals surface area contributed by atoms with Crippen LogP contribution in [0, 0.1) is 0 Å². The second-order valence-corrected chi connectivity index (χ2v) is 7.36. The third-order valence-electron chi connectivity index (χ3n) is 5.26. The number of nitrogen functional groups attached to an aromatic ring is 1. The summed E-state index contributed by atoms with van der Waals surface area (Å²) < 4.78 is 44.9. The number of hydrogen-bond acceptors (Lipinski definition) is 6. The summed E-state index contributed by atoms with van der Waals surface area (Å²) in [5.74, 6) is -0.276. The van der Waals surface area contributed by atoms with Crippen molar-refractivity contribution in [2.45, 2.75) is 37.6 Å². The highest BCUT2D eigenvalue weighted by molar-refractivity contribution is 6.46. The number of halogens is 3. The van der Waals surface area contributed by atoms with E-state index in [1.165, 1.54) is 37.4 Å². The first-order valence-electron chi connectivity index (χ1n) is 9.63. The predicted molar refractivity (Wildman–Crippen MR) is 109 cm³/mol. The zero-order valence-electron chi connectivity index (χ0n) is 16.9. The van der Waals surface area contributed by atoms with Crippen LogP contribution in [0.2, 0.25) is 0 Å². The Morgan fingerprint density at radius 3 is 2.68 bits per heavy atom. The quantitative estimate of drug-likeness (QED) is 0.457. The molecule has 0 atom stereocenters. The van der Waals surface area contributed by atoms with Crippen molar-refractivity contribution in [2.75, 3.05) is 19.4 Å². The number of carbonyl (C=O) groups is 1. The number of aliphatic hydroxyl groups excluding tert-OH is 1. The van der Waals surface area contributed by atoms with Gasteiger partial charge in [0.2, 0.25) is 0 Å². The molecule has 1 aliphatic rings. The zero-order valence-corrected chi connectivity index (χ0v) is 16.9. The van der Waals surface area contributed by atoms with Gasteiger partial charge in [0.1, 0.15) is 18.1 Å². The van der Waals surface area contributed by atoms with Crippen molar-refractivity contribution in [3.8, 4) is 5.75 Å². The maximum absolute atomic E-state index is 13.1. The van der Waals surface area contributed by atoms with Crippen LogP contribution >= 0.6 is 0 Å². The number of alkyl halides is 3. The summed E-state index contributed by atoms with van der Waals surface area (Å²) in [6, 6.07) is 7.11. The molecule has 3 rings (SSSR count). The lowest BCUT2D eigenvalue weighted by Crippen LogP contribution is -2.57. The number of aromatic nitrogens is 1. The number of nitrogens with one attached hydrogen (secondary N) is 1. The number of nitrogens with zero attached hydrogens (tertiary/aromatic N) is 2. The Morgan fingerprint density at radius 2 is 2.10 bits per heavy atom. The number of anilines is 1. The van der Waals surface area contributed by atoms with Crippen LogP contribution in [-0.2, 0) is 17.6 Å². The Hall–Kier alpha value is -3.14. The van der Waals surface area contributed by atoms with Gasteiger partial charge in [-0.3, -0.25) is 14.8 Å². The topological polar surface area (TPSA) is 110 Å². The Balaban J connectivity index is 1.79. The molecule has 2 aromatic rings. The average molecular weight is 436 g/mol. The molecule has 0 bridgehead atoms.